The maximum absolute atomic E-state index is 10.1. The number of rotatable bonds is 4. The predicted molar refractivity (Wildman–Crippen MR) is 79.9 cm³/mol. The van der Waals surface area contributed by atoms with Gasteiger partial charge in [-0.1, -0.05) is 41.4 Å². The molecule has 0 amide bonds. The molecule has 0 fully saturated rings. The largest absolute Gasteiger partial charge is 0.389 e. The third-order valence-electron chi connectivity index (χ3n) is 4.29. The Bertz CT molecular complexity index is 356. The average molecular weight is 317 g/mol. The van der Waals surface area contributed by atoms with Crippen LogP contribution >= 0.6 is 15.9 Å². The summed E-state index contributed by atoms with van der Waals surface area (Å²) in [7, 11) is 0. The standard InChI is InChI=1S/C15H25BrO2/c1-6-15(5,18)8-7-11-10(2)12(17)9-13(16)14(11,3)4/h6,12-13,17-18H,1,7-9H2,2-5H3/t12-,13-,15-/m1/s1. The molecule has 0 bridgehead atoms. The third-order valence-corrected chi connectivity index (χ3v) is 5.81. The molecule has 1 aliphatic carbocycles. The van der Waals surface area contributed by atoms with Crippen LogP contribution in [0.5, 0.6) is 0 Å². The fraction of sp³-hybridized carbons (Fsp3) is 0.733. The summed E-state index contributed by atoms with van der Waals surface area (Å²) in [5.74, 6) is 0. The first-order valence-electron chi connectivity index (χ1n) is 6.50. The van der Waals surface area contributed by atoms with Crippen molar-refractivity contribution < 1.29 is 10.2 Å². The lowest BCUT2D eigenvalue weighted by Gasteiger charge is -2.42. The fourth-order valence-corrected chi connectivity index (χ4v) is 3.20. The molecule has 0 aromatic carbocycles. The van der Waals surface area contributed by atoms with Crippen molar-refractivity contribution in [3.63, 3.8) is 0 Å². The summed E-state index contributed by atoms with van der Waals surface area (Å²) in [6.07, 6.45) is 3.39. The van der Waals surface area contributed by atoms with Crippen LogP contribution in [0.15, 0.2) is 23.8 Å². The quantitative estimate of drug-likeness (QED) is 0.615. The van der Waals surface area contributed by atoms with Crippen molar-refractivity contribution in [3.8, 4) is 0 Å². The molecule has 0 radical (unpaired) electrons. The first-order chi connectivity index (χ1) is 8.12. The van der Waals surface area contributed by atoms with Crippen LogP contribution in [0.25, 0.3) is 0 Å². The van der Waals surface area contributed by atoms with Gasteiger partial charge in [-0.3, -0.25) is 0 Å². The lowest BCUT2D eigenvalue weighted by atomic mass is 9.69. The zero-order valence-corrected chi connectivity index (χ0v) is 13.4. The van der Waals surface area contributed by atoms with Crippen molar-refractivity contribution in [2.75, 3.05) is 0 Å². The molecular formula is C15H25BrO2. The van der Waals surface area contributed by atoms with Gasteiger partial charge in [-0.25, -0.2) is 0 Å². The number of halogens is 1. The first-order valence-corrected chi connectivity index (χ1v) is 7.41. The molecule has 1 aliphatic rings. The Kier molecular flexibility index (Phi) is 4.85. The van der Waals surface area contributed by atoms with Gasteiger partial charge in [0.25, 0.3) is 0 Å². The lowest BCUT2D eigenvalue weighted by Crippen LogP contribution is -2.37. The van der Waals surface area contributed by atoms with E-state index in [4.69, 9.17) is 0 Å². The minimum atomic E-state index is -0.840. The smallest absolute Gasteiger partial charge is 0.0800 e. The second-order valence-electron chi connectivity index (χ2n) is 6.16. The summed E-state index contributed by atoms with van der Waals surface area (Å²) in [6.45, 7) is 11.8. The summed E-state index contributed by atoms with van der Waals surface area (Å²) in [6, 6.07) is 0. The summed E-state index contributed by atoms with van der Waals surface area (Å²) >= 11 is 3.68. The minimum absolute atomic E-state index is 0.0144. The van der Waals surface area contributed by atoms with E-state index in [1.165, 1.54) is 5.57 Å². The Morgan fingerprint density at radius 3 is 2.61 bits per heavy atom. The molecule has 0 aromatic heterocycles. The van der Waals surface area contributed by atoms with E-state index < -0.39 is 5.60 Å². The van der Waals surface area contributed by atoms with Gasteiger partial charge < -0.3 is 10.2 Å². The van der Waals surface area contributed by atoms with Gasteiger partial charge in [0, 0.05) is 4.83 Å². The van der Waals surface area contributed by atoms with Gasteiger partial charge in [-0.2, -0.15) is 0 Å². The highest BCUT2D eigenvalue weighted by Gasteiger charge is 2.39. The second kappa shape index (κ2) is 5.48. The molecule has 0 unspecified atom stereocenters. The molecule has 0 saturated heterocycles. The van der Waals surface area contributed by atoms with Crippen LogP contribution < -0.4 is 0 Å². The molecule has 0 aromatic rings. The Morgan fingerprint density at radius 1 is 1.56 bits per heavy atom. The monoisotopic (exact) mass is 316 g/mol. The summed E-state index contributed by atoms with van der Waals surface area (Å²) in [5.41, 5.74) is 1.49. The lowest BCUT2D eigenvalue weighted by molar-refractivity contribution is 0.0983. The number of alkyl halides is 1. The van der Waals surface area contributed by atoms with Crippen molar-refractivity contribution in [3.05, 3.63) is 23.8 Å². The van der Waals surface area contributed by atoms with Gasteiger partial charge in [0.15, 0.2) is 0 Å². The number of aliphatic hydroxyl groups excluding tert-OH is 1. The topological polar surface area (TPSA) is 40.5 Å². The van der Waals surface area contributed by atoms with Crippen LogP contribution in [-0.4, -0.2) is 26.7 Å². The van der Waals surface area contributed by atoms with Gasteiger partial charge in [-0.05, 0) is 44.1 Å². The van der Waals surface area contributed by atoms with Gasteiger partial charge >= 0.3 is 0 Å². The van der Waals surface area contributed by atoms with Crippen molar-refractivity contribution in [1.82, 2.24) is 0 Å². The SMILES string of the molecule is C=C[C@@](C)(O)CCC1=C(C)[C@H](O)C[C@@H](Br)C1(C)C. The zero-order valence-electron chi connectivity index (χ0n) is 11.8. The molecule has 2 N–H and O–H groups in total. The van der Waals surface area contributed by atoms with Crippen LogP contribution in [0.1, 0.15) is 47.0 Å². The molecule has 3 atom stereocenters. The molecular weight excluding hydrogens is 292 g/mol. The van der Waals surface area contributed by atoms with Crippen LogP contribution in [0.2, 0.25) is 0 Å². The van der Waals surface area contributed by atoms with Crippen LogP contribution in [0.3, 0.4) is 0 Å². The normalized spacial score (nSPS) is 31.1. The van der Waals surface area contributed by atoms with Gasteiger partial charge in [0.05, 0.1) is 11.7 Å². The molecule has 0 spiro atoms. The third kappa shape index (κ3) is 3.25. The predicted octanol–water partition coefficient (Wildman–Crippen LogP) is 3.57. The Balaban J connectivity index is 2.95. The van der Waals surface area contributed by atoms with Crippen molar-refractivity contribution in [1.29, 1.82) is 0 Å². The van der Waals surface area contributed by atoms with Crippen LogP contribution in [0.4, 0.5) is 0 Å². The number of hydrogen-bond acceptors (Lipinski definition) is 2. The van der Waals surface area contributed by atoms with Crippen LogP contribution in [0, 0.1) is 5.41 Å². The second-order valence-corrected chi connectivity index (χ2v) is 7.27. The van der Waals surface area contributed by atoms with E-state index in [2.05, 4.69) is 36.4 Å². The fourth-order valence-electron chi connectivity index (χ4n) is 2.57. The van der Waals surface area contributed by atoms with Crippen molar-refractivity contribution in [2.24, 2.45) is 5.41 Å². The van der Waals surface area contributed by atoms with E-state index in [1.54, 1.807) is 13.0 Å². The minimum Gasteiger partial charge on any atom is -0.389 e. The number of allylic oxidation sites excluding steroid dienone is 1. The summed E-state index contributed by atoms with van der Waals surface area (Å²) in [4.78, 5) is 0.271. The maximum Gasteiger partial charge on any atom is 0.0800 e. The van der Waals surface area contributed by atoms with Crippen molar-refractivity contribution in [2.45, 2.75) is 63.5 Å². The Hall–Kier alpha value is -0.120. The highest BCUT2D eigenvalue weighted by molar-refractivity contribution is 9.09. The molecule has 0 heterocycles. The highest BCUT2D eigenvalue weighted by Crippen LogP contribution is 2.46. The van der Waals surface area contributed by atoms with E-state index in [9.17, 15) is 10.2 Å². The molecule has 2 nitrogen and oxygen atoms in total. The van der Waals surface area contributed by atoms with Crippen LogP contribution in [-0.2, 0) is 0 Å². The summed E-state index contributed by atoms with van der Waals surface area (Å²) in [5, 5.41) is 20.1. The number of aliphatic hydroxyl groups is 2. The number of hydrogen-bond donors (Lipinski definition) is 2. The van der Waals surface area contributed by atoms with Gasteiger partial charge in [0.1, 0.15) is 0 Å². The van der Waals surface area contributed by atoms with E-state index in [0.717, 1.165) is 18.4 Å². The van der Waals surface area contributed by atoms with Gasteiger partial charge in [0.2, 0.25) is 0 Å². The first kappa shape index (κ1) is 15.9. The molecule has 0 saturated carbocycles. The van der Waals surface area contributed by atoms with E-state index in [0.29, 0.717) is 6.42 Å². The Labute approximate surface area is 119 Å². The zero-order chi connectivity index (χ0) is 14.1. The summed E-state index contributed by atoms with van der Waals surface area (Å²) < 4.78 is 0. The maximum atomic E-state index is 10.1. The Morgan fingerprint density at radius 2 is 2.11 bits per heavy atom. The highest BCUT2D eigenvalue weighted by atomic mass is 79.9. The molecule has 3 heteroatoms. The molecule has 104 valence electrons. The molecule has 0 aliphatic heterocycles. The van der Waals surface area contributed by atoms with E-state index in [1.807, 2.05) is 6.92 Å². The van der Waals surface area contributed by atoms with E-state index >= 15 is 0 Å². The molecule has 1 rings (SSSR count). The van der Waals surface area contributed by atoms with E-state index in [-0.39, 0.29) is 16.3 Å². The molecule has 18 heavy (non-hydrogen) atoms. The van der Waals surface area contributed by atoms with Gasteiger partial charge in [-0.15, -0.1) is 6.58 Å². The average Bonchev–Trinajstić information content (AvgIpc) is 2.26. The van der Waals surface area contributed by atoms with Crippen molar-refractivity contribution >= 4 is 15.9 Å².